The van der Waals surface area contributed by atoms with Gasteiger partial charge in [-0.1, -0.05) is 6.07 Å². The summed E-state index contributed by atoms with van der Waals surface area (Å²) in [4.78, 5) is 14.9. The number of rotatable bonds is 6. The zero-order valence-corrected chi connectivity index (χ0v) is 21.1. The number of halogens is 1. The largest absolute Gasteiger partial charge is 0.334 e. The molecule has 11 heteroatoms. The number of anilines is 2. The van der Waals surface area contributed by atoms with Crippen molar-refractivity contribution in [2.75, 3.05) is 29.8 Å². The summed E-state index contributed by atoms with van der Waals surface area (Å²) in [6.45, 7) is 0.345. The van der Waals surface area contributed by atoms with Crippen LogP contribution in [-0.2, 0) is 42.9 Å². The highest BCUT2D eigenvalue weighted by atomic mass is 32.2. The first kappa shape index (κ1) is 24.1. The molecule has 1 aromatic heterocycles. The second-order valence-electron chi connectivity index (χ2n) is 9.97. The van der Waals surface area contributed by atoms with E-state index in [-0.39, 0.29) is 19.1 Å². The fourth-order valence-corrected chi connectivity index (χ4v) is 6.86. The molecule has 2 atom stereocenters. The molecule has 2 unspecified atom stereocenters. The summed E-state index contributed by atoms with van der Waals surface area (Å²) in [6.07, 6.45) is 8.86. The molecule has 1 aromatic carbocycles. The number of hydrogen-bond donors (Lipinski definition) is 2. The molecule has 3 aliphatic rings. The van der Waals surface area contributed by atoms with Gasteiger partial charge in [-0.05, 0) is 80.7 Å². The van der Waals surface area contributed by atoms with Gasteiger partial charge in [-0.25, -0.2) is 18.2 Å². The van der Waals surface area contributed by atoms with Gasteiger partial charge in [0.05, 0.1) is 18.4 Å². The fraction of sp³-hybridized carbons (Fsp3) is 0.583. The molecule has 1 aliphatic heterocycles. The van der Waals surface area contributed by atoms with E-state index in [0.29, 0.717) is 18.5 Å². The topological polar surface area (TPSA) is 99.6 Å². The molecule has 2 aromatic rings. The van der Waals surface area contributed by atoms with Gasteiger partial charge < -0.3 is 5.32 Å². The number of carbonyl (C=O) groups is 1. The summed E-state index contributed by atoms with van der Waals surface area (Å²) in [7, 11) is -0.756. The van der Waals surface area contributed by atoms with Crippen LogP contribution in [0.4, 0.5) is 20.6 Å². The molecule has 35 heavy (non-hydrogen) atoms. The molecular weight excluding hydrogens is 471 g/mol. The highest BCUT2D eigenvalue weighted by Gasteiger charge is 2.33. The highest BCUT2D eigenvalue weighted by molar-refractivity contribution is 7.91. The Morgan fingerprint density at radius 3 is 2.43 bits per heavy atom. The number of likely N-dealkylation sites (tertiary alicyclic amines) is 1. The van der Waals surface area contributed by atoms with E-state index in [0.717, 1.165) is 55.3 Å². The zero-order chi connectivity index (χ0) is 24.7. The van der Waals surface area contributed by atoms with Crippen molar-refractivity contribution in [3.8, 4) is 0 Å². The van der Waals surface area contributed by atoms with Crippen molar-refractivity contribution in [1.29, 1.82) is 0 Å². The molecule has 1 fully saturated rings. The Morgan fingerprint density at radius 1 is 1.14 bits per heavy atom. The van der Waals surface area contributed by atoms with Crippen LogP contribution < -0.4 is 14.3 Å². The third-order valence-corrected chi connectivity index (χ3v) is 8.89. The van der Waals surface area contributed by atoms with Gasteiger partial charge in [0.15, 0.2) is 0 Å². The van der Waals surface area contributed by atoms with E-state index >= 15 is 0 Å². The van der Waals surface area contributed by atoms with E-state index in [2.05, 4.69) is 21.2 Å². The van der Waals surface area contributed by atoms with E-state index in [4.69, 9.17) is 0 Å². The molecule has 9 nitrogen and oxygen atoms in total. The van der Waals surface area contributed by atoms with Crippen molar-refractivity contribution in [1.82, 2.24) is 19.4 Å². The van der Waals surface area contributed by atoms with Gasteiger partial charge in [0.25, 0.3) is 0 Å². The predicted molar refractivity (Wildman–Crippen MR) is 133 cm³/mol. The first-order valence-corrected chi connectivity index (χ1v) is 13.8. The van der Waals surface area contributed by atoms with E-state index in [1.165, 1.54) is 26.3 Å². The second kappa shape index (κ2) is 9.42. The van der Waals surface area contributed by atoms with Gasteiger partial charge in [-0.3, -0.25) is 9.58 Å². The Kier molecular flexibility index (Phi) is 6.47. The number of fused-ring (bicyclic) bond motifs is 2. The maximum atomic E-state index is 13.8. The Morgan fingerprint density at radius 2 is 1.83 bits per heavy atom. The fourth-order valence-electron chi connectivity index (χ4n) is 5.73. The molecule has 2 heterocycles. The number of alkyl halides is 1. The van der Waals surface area contributed by atoms with Crippen LogP contribution >= 0.6 is 0 Å². The predicted octanol–water partition coefficient (Wildman–Crippen LogP) is 2.70. The van der Waals surface area contributed by atoms with Crippen LogP contribution in [0.25, 0.3) is 0 Å². The monoisotopic (exact) mass is 504 g/mol. The van der Waals surface area contributed by atoms with Crippen molar-refractivity contribution in [2.24, 2.45) is 7.05 Å². The summed E-state index contributed by atoms with van der Waals surface area (Å²) in [5.41, 5.74) is 5.91. The molecule has 2 amide bonds. The molecule has 0 bridgehead atoms. The first-order valence-electron chi connectivity index (χ1n) is 12.3. The normalized spacial score (nSPS) is 22.0. The lowest BCUT2D eigenvalue weighted by atomic mass is 9.99. The van der Waals surface area contributed by atoms with Gasteiger partial charge in [0.1, 0.15) is 6.17 Å². The van der Waals surface area contributed by atoms with Gasteiger partial charge in [0, 0.05) is 31.5 Å². The minimum atomic E-state index is -4.25. The van der Waals surface area contributed by atoms with E-state index in [1.54, 1.807) is 20.3 Å². The number of aryl methyl sites for hydroxylation is 3. The van der Waals surface area contributed by atoms with Crippen LogP contribution in [0.15, 0.2) is 18.5 Å². The highest BCUT2D eigenvalue weighted by Crippen LogP contribution is 2.38. The van der Waals surface area contributed by atoms with Crippen LogP contribution in [-0.4, -0.2) is 61.5 Å². The summed E-state index contributed by atoms with van der Waals surface area (Å²) >= 11 is 0. The van der Waals surface area contributed by atoms with Gasteiger partial charge in [-0.15, -0.1) is 0 Å². The third-order valence-electron chi connectivity index (χ3n) is 7.50. The number of hydrogen-bond acceptors (Lipinski definition) is 5. The Hall–Kier alpha value is -2.66. The number of urea groups is 1. The number of benzene rings is 1. The van der Waals surface area contributed by atoms with Crippen molar-refractivity contribution >= 4 is 27.6 Å². The quantitative estimate of drug-likeness (QED) is 0.630. The smallest absolute Gasteiger partial charge is 0.307 e. The average Bonchev–Trinajstić information content (AvgIpc) is 3.53. The minimum absolute atomic E-state index is 0.0909. The summed E-state index contributed by atoms with van der Waals surface area (Å²) in [5.74, 6) is 0. The van der Waals surface area contributed by atoms with E-state index in [1.807, 2.05) is 4.90 Å². The summed E-state index contributed by atoms with van der Waals surface area (Å²) in [6, 6.07) is 1.31. The Bertz CT molecular complexity index is 1200. The van der Waals surface area contributed by atoms with Crippen molar-refractivity contribution in [2.45, 2.75) is 63.6 Å². The van der Waals surface area contributed by atoms with E-state index < -0.39 is 22.4 Å². The average molecular weight is 505 g/mol. The summed E-state index contributed by atoms with van der Waals surface area (Å²) < 4.78 is 45.7. The number of likely N-dealkylation sites (N-methyl/N-ethyl adjacent to an activating group) is 1. The number of piperidine rings is 1. The van der Waals surface area contributed by atoms with Gasteiger partial charge >= 0.3 is 16.2 Å². The maximum absolute atomic E-state index is 13.8. The lowest BCUT2D eigenvalue weighted by Gasteiger charge is -2.37. The Balaban J connectivity index is 1.37. The molecule has 0 saturated carbocycles. The lowest BCUT2D eigenvalue weighted by molar-refractivity contribution is 0.113. The zero-order valence-electron chi connectivity index (χ0n) is 20.3. The molecule has 2 aliphatic carbocycles. The first-order chi connectivity index (χ1) is 16.7. The molecule has 0 radical (unpaired) electrons. The minimum Gasteiger partial charge on any atom is -0.307 e. The number of carbonyl (C=O) groups excluding carboxylic acids is 1. The van der Waals surface area contributed by atoms with E-state index in [9.17, 15) is 17.6 Å². The number of aromatic nitrogens is 2. The molecule has 5 rings (SSSR count). The Labute approximate surface area is 205 Å². The van der Waals surface area contributed by atoms with Gasteiger partial charge in [0.2, 0.25) is 0 Å². The maximum Gasteiger partial charge on any atom is 0.334 e. The van der Waals surface area contributed by atoms with Crippen LogP contribution in [0.5, 0.6) is 0 Å². The van der Waals surface area contributed by atoms with Crippen LogP contribution in [0.3, 0.4) is 0 Å². The molecule has 2 N–H and O–H groups in total. The van der Waals surface area contributed by atoms with Crippen molar-refractivity contribution in [3.05, 3.63) is 40.7 Å². The standard InChI is InChI=1S/C24H33FN6O3S/c1-29-13-18(25)9-10-19(29)15-31(20-12-26-30(2)14-20)35(33,34)28-24(32)27-23-21-7-3-5-16(21)11-17-6-4-8-22(17)23/h11-12,14,18-19H,3-10,13,15H2,1-2H3,(H2,27,28,32). The van der Waals surface area contributed by atoms with Crippen LogP contribution in [0, 0.1) is 0 Å². The number of nitrogens with zero attached hydrogens (tertiary/aromatic N) is 4. The number of nitrogens with one attached hydrogen (secondary N) is 2. The lowest BCUT2D eigenvalue weighted by Crippen LogP contribution is -2.52. The second-order valence-corrected chi connectivity index (χ2v) is 11.6. The summed E-state index contributed by atoms with van der Waals surface area (Å²) in [5, 5.41) is 7.00. The third kappa shape index (κ3) is 4.88. The molecular formula is C24H33FN6O3S. The van der Waals surface area contributed by atoms with Crippen molar-refractivity contribution < 1.29 is 17.6 Å². The number of amides is 2. The van der Waals surface area contributed by atoms with Gasteiger partial charge in [-0.2, -0.15) is 13.5 Å². The van der Waals surface area contributed by atoms with Crippen molar-refractivity contribution in [3.63, 3.8) is 0 Å². The SMILES string of the molecule is CN1CC(F)CCC1CN(c1cnn(C)c1)S(=O)(=O)NC(=O)Nc1c2c(cc3c1CCC3)CCC2. The molecule has 1 saturated heterocycles. The molecule has 190 valence electrons. The van der Waals surface area contributed by atoms with Crippen LogP contribution in [0.1, 0.15) is 47.9 Å². The molecule has 0 spiro atoms. The van der Waals surface area contributed by atoms with Crippen LogP contribution in [0.2, 0.25) is 0 Å².